The molecular weight excluding hydrogens is 258 g/mol. The molecule has 1 amide bonds. The number of carbonyl (C=O) groups is 3. The Bertz CT molecular complexity index is 579. The van der Waals surface area contributed by atoms with Gasteiger partial charge in [0.1, 0.15) is 0 Å². The molecule has 0 atom stereocenters. The Morgan fingerprint density at radius 3 is 2.78 bits per heavy atom. The zero-order valence-corrected chi connectivity index (χ0v) is 9.85. The topological polar surface area (TPSA) is 74.7 Å². The Balaban J connectivity index is 2.36. The number of ketones is 1. The van der Waals surface area contributed by atoms with E-state index in [1.165, 1.54) is 17.0 Å². The lowest BCUT2D eigenvalue weighted by Crippen LogP contribution is -2.30. The summed E-state index contributed by atoms with van der Waals surface area (Å²) in [6.45, 7) is -0.00634. The Kier molecular flexibility index (Phi) is 3.16. The molecule has 2 rings (SSSR count). The van der Waals surface area contributed by atoms with E-state index in [1.54, 1.807) is 12.1 Å². The maximum Gasteiger partial charge on any atom is 0.328 e. The maximum atomic E-state index is 11.7. The summed E-state index contributed by atoms with van der Waals surface area (Å²) in [6, 6.07) is 4.67. The summed E-state index contributed by atoms with van der Waals surface area (Å²) in [5.74, 6) is -2.45. The second kappa shape index (κ2) is 4.62. The van der Waals surface area contributed by atoms with Crippen LogP contribution in [0.1, 0.15) is 10.4 Å². The first-order valence-corrected chi connectivity index (χ1v) is 5.44. The van der Waals surface area contributed by atoms with E-state index in [-0.39, 0.29) is 17.1 Å². The van der Waals surface area contributed by atoms with Crippen LogP contribution in [-0.4, -0.2) is 29.3 Å². The van der Waals surface area contributed by atoms with Gasteiger partial charge in [0, 0.05) is 12.6 Å². The summed E-state index contributed by atoms with van der Waals surface area (Å²) >= 11 is 5.95. The third kappa shape index (κ3) is 2.00. The molecule has 1 heterocycles. The molecule has 0 aliphatic carbocycles. The predicted molar refractivity (Wildman–Crippen MR) is 64.9 cm³/mol. The first-order chi connectivity index (χ1) is 8.52. The van der Waals surface area contributed by atoms with Crippen molar-refractivity contribution in [1.29, 1.82) is 0 Å². The average molecular weight is 266 g/mol. The lowest BCUT2D eigenvalue weighted by molar-refractivity contribution is -0.131. The SMILES string of the molecule is O=C(O)/C=C/CN1C(=O)C(=O)c2cccc(Cl)c21. The Morgan fingerprint density at radius 2 is 2.11 bits per heavy atom. The normalized spacial score (nSPS) is 14.4. The van der Waals surface area contributed by atoms with Crippen molar-refractivity contribution in [2.75, 3.05) is 11.4 Å². The van der Waals surface area contributed by atoms with E-state index in [2.05, 4.69) is 0 Å². The number of amides is 1. The smallest absolute Gasteiger partial charge is 0.328 e. The molecule has 0 aromatic heterocycles. The molecule has 1 N–H and O–H groups in total. The number of halogens is 1. The van der Waals surface area contributed by atoms with E-state index in [1.807, 2.05) is 0 Å². The fraction of sp³-hybridized carbons (Fsp3) is 0.0833. The standard InChI is InChI=1S/C12H8ClNO4/c13-8-4-1-3-7-10(8)14(12(18)11(7)17)6-2-5-9(15)16/h1-5H,6H2,(H,15,16)/b5-2+. The van der Waals surface area contributed by atoms with Crippen LogP contribution in [0.25, 0.3) is 0 Å². The number of nitrogens with zero attached hydrogens (tertiary/aromatic N) is 1. The molecule has 0 spiro atoms. The number of Topliss-reactive ketones (excluding diaryl/α,β-unsaturated/α-hetero) is 1. The Morgan fingerprint density at radius 1 is 1.39 bits per heavy atom. The molecule has 1 aromatic rings. The van der Waals surface area contributed by atoms with Crippen LogP contribution in [0.2, 0.25) is 5.02 Å². The second-order valence-electron chi connectivity index (χ2n) is 3.62. The molecule has 1 aliphatic heterocycles. The van der Waals surface area contributed by atoms with Crippen molar-refractivity contribution < 1.29 is 19.5 Å². The van der Waals surface area contributed by atoms with Crippen LogP contribution in [0.4, 0.5) is 5.69 Å². The summed E-state index contributed by atoms with van der Waals surface area (Å²) < 4.78 is 0. The van der Waals surface area contributed by atoms with Crippen LogP contribution in [-0.2, 0) is 9.59 Å². The maximum absolute atomic E-state index is 11.7. The molecule has 1 aliphatic rings. The number of carboxylic acid groups (broad SMARTS) is 1. The number of anilines is 1. The molecule has 0 unspecified atom stereocenters. The highest BCUT2D eigenvalue weighted by Gasteiger charge is 2.36. The van der Waals surface area contributed by atoms with Gasteiger partial charge in [-0.1, -0.05) is 23.7 Å². The number of hydrogen-bond acceptors (Lipinski definition) is 3. The number of rotatable bonds is 3. The minimum Gasteiger partial charge on any atom is -0.478 e. The van der Waals surface area contributed by atoms with Crippen molar-refractivity contribution in [1.82, 2.24) is 0 Å². The first-order valence-electron chi connectivity index (χ1n) is 5.06. The van der Waals surface area contributed by atoms with E-state index in [4.69, 9.17) is 16.7 Å². The molecule has 0 radical (unpaired) electrons. The fourth-order valence-corrected chi connectivity index (χ4v) is 2.02. The third-order valence-electron chi connectivity index (χ3n) is 2.49. The quantitative estimate of drug-likeness (QED) is 0.664. The van der Waals surface area contributed by atoms with Crippen LogP contribution in [0.5, 0.6) is 0 Å². The van der Waals surface area contributed by atoms with E-state index in [0.717, 1.165) is 6.08 Å². The van der Waals surface area contributed by atoms with E-state index in [0.29, 0.717) is 5.69 Å². The van der Waals surface area contributed by atoms with Crippen molar-refractivity contribution in [3.8, 4) is 0 Å². The van der Waals surface area contributed by atoms with Crippen molar-refractivity contribution in [2.45, 2.75) is 0 Å². The van der Waals surface area contributed by atoms with Crippen molar-refractivity contribution in [2.24, 2.45) is 0 Å². The molecule has 0 saturated heterocycles. The lowest BCUT2D eigenvalue weighted by atomic mass is 10.1. The van der Waals surface area contributed by atoms with Crippen LogP contribution >= 0.6 is 11.6 Å². The number of fused-ring (bicyclic) bond motifs is 1. The molecule has 0 bridgehead atoms. The average Bonchev–Trinajstić information content (AvgIpc) is 2.55. The minimum atomic E-state index is -1.12. The van der Waals surface area contributed by atoms with Crippen LogP contribution in [0.15, 0.2) is 30.4 Å². The molecule has 92 valence electrons. The van der Waals surface area contributed by atoms with Gasteiger partial charge in [0.15, 0.2) is 0 Å². The highest BCUT2D eigenvalue weighted by Crippen LogP contribution is 2.35. The fourth-order valence-electron chi connectivity index (χ4n) is 1.75. The zero-order valence-electron chi connectivity index (χ0n) is 9.09. The number of benzene rings is 1. The van der Waals surface area contributed by atoms with Crippen LogP contribution in [0, 0.1) is 0 Å². The first kappa shape index (κ1) is 12.3. The van der Waals surface area contributed by atoms with Crippen molar-refractivity contribution in [3.63, 3.8) is 0 Å². The summed E-state index contributed by atoms with van der Waals surface area (Å²) in [5.41, 5.74) is 0.584. The van der Waals surface area contributed by atoms with Gasteiger partial charge in [-0.05, 0) is 12.1 Å². The monoisotopic (exact) mass is 265 g/mol. The highest BCUT2D eigenvalue weighted by atomic mass is 35.5. The number of carboxylic acids is 1. The van der Waals surface area contributed by atoms with Gasteiger partial charge < -0.3 is 5.11 Å². The number of aliphatic carboxylic acids is 1. The summed E-state index contributed by atoms with van der Waals surface area (Å²) in [6.07, 6.45) is 2.19. The number of carbonyl (C=O) groups excluding carboxylic acids is 2. The number of hydrogen-bond donors (Lipinski definition) is 1. The molecule has 5 nitrogen and oxygen atoms in total. The van der Waals surface area contributed by atoms with Gasteiger partial charge in [-0.25, -0.2) is 4.79 Å². The number of para-hydroxylation sites is 1. The summed E-state index contributed by atoms with van der Waals surface area (Å²) in [4.78, 5) is 34.9. The second-order valence-corrected chi connectivity index (χ2v) is 4.03. The van der Waals surface area contributed by atoms with Crippen LogP contribution < -0.4 is 4.90 Å². The zero-order chi connectivity index (χ0) is 13.3. The summed E-state index contributed by atoms with van der Waals surface area (Å²) in [5, 5.41) is 8.76. The van der Waals surface area contributed by atoms with Gasteiger partial charge in [-0.3, -0.25) is 14.5 Å². The highest BCUT2D eigenvalue weighted by molar-refractivity contribution is 6.54. The largest absolute Gasteiger partial charge is 0.478 e. The van der Waals surface area contributed by atoms with Gasteiger partial charge in [0.05, 0.1) is 16.3 Å². The lowest BCUT2D eigenvalue weighted by Gasteiger charge is -2.14. The molecule has 0 saturated carbocycles. The molecule has 18 heavy (non-hydrogen) atoms. The van der Waals surface area contributed by atoms with Crippen molar-refractivity contribution in [3.05, 3.63) is 40.9 Å². The summed E-state index contributed by atoms with van der Waals surface area (Å²) in [7, 11) is 0. The van der Waals surface area contributed by atoms with Crippen LogP contribution in [0.3, 0.4) is 0 Å². The Labute approximate surface area is 107 Å². The predicted octanol–water partition coefficient (Wildman–Crippen LogP) is 1.51. The van der Waals surface area contributed by atoms with Gasteiger partial charge in [0.2, 0.25) is 0 Å². The van der Waals surface area contributed by atoms with Gasteiger partial charge in [-0.15, -0.1) is 0 Å². The van der Waals surface area contributed by atoms with E-state index < -0.39 is 17.7 Å². The minimum absolute atomic E-state index is 0.00634. The molecule has 1 aromatic carbocycles. The van der Waals surface area contributed by atoms with Gasteiger partial charge in [-0.2, -0.15) is 0 Å². The Hall–Kier alpha value is -2.14. The molecule has 0 fully saturated rings. The van der Waals surface area contributed by atoms with Gasteiger partial charge >= 0.3 is 5.97 Å². The third-order valence-corrected chi connectivity index (χ3v) is 2.79. The molecule has 6 heteroatoms. The van der Waals surface area contributed by atoms with E-state index in [9.17, 15) is 14.4 Å². The van der Waals surface area contributed by atoms with Crippen molar-refractivity contribution >= 4 is 34.9 Å². The van der Waals surface area contributed by atoms with Gasteiger partial charge in [0.25, 0.3) is 11.7 Å². The molecular formula is C12H8ClNO4. The van der Waals surface area contributed by atoms with E-state index >= 15 is 0 Å².